The van der Waals surface area contributed by atoms with Gasteiger partial charge < -0.3 is 14.4 Å². The van der Waals surface area contributed by atoms with Crippen LogP contribution in [0.15, 0.2) is 24.3 Å². The van der Waals surface area contributed by atoms with Gasteiger partial charge in [0, 0.05) is 26.6 Å². The molecular formula is C17H26N2O3. The van der Waals surface area contributed by atoms with Crippen molar-refractivity contribution in [2.45, 2.75) is 12.8 Å². The van der Waals surface area contributed by atoms with E-state index in [1.165, 1.54) is 0 Å². The number of ether oxygens (including phenoxy) is 2. The van der Waals surface area contributed by atoms with E-state index in [1.807, 2.05) is 38.4 Å². The summed E-state index contributed by atoms with van der Waals surface area (Å²) in [6.45, 7) is 3.50. The minimum Gasteiger partial charge on any atom is -0.497 e. The summed E-state index contributed by atoms with van der Waals surface area (Å²) in [5.41, 5.74) is 0. The molecule has 1 aromatic carbocycles. The standard InChI is InChI=1S/C17H26N2O3/c1-18(2)17(20)14-8-10-19(11-9-14)12-13-22-16-6-4-15(21-3)5-7-16/h4-7,14H,8-13H2,1-3H3. The van der Waals surface area contributed by atoms with Gasteiger partial charge in [0.2, 0.25) is 5.91 Å². The lowest BCUT2D eigenvalue weighted by Crippen LogP contribution is -2.41. The molecule has 0 bridgehead atoms. The molecule has 1 aromatic rings. The SMILES string of the molecule is COc1ccc(OCCN2CCC(C(=O)N(C)C)CC2)cc1. The van der Waals surface area contributed by atoms with E-state index in [0.29, 0.717) is 6.61 Å². The molecule has 1 heterocycles. The maximum absolute atomic E-state index is 11.9. The van der Waals surface area contributed by atoms with E-state index in [-0.39, 0.29) is 11.8 Å². The van der Waals surface area contributed by atoms with Gasteiger partial charge in [-0.15, -0.1) is 0 Å². The highest BCUT2D eigenvalue weighted by Crippen LogP contribution is 2.19. The van der Waals surface area contributed by atoms with E-state index in [2.05, 4.69) is 4.90 Å². The molecule has 1 amide bonds. The Balaban J connectivity index is 1.67. The Labute approximate surface area is 132 Å². The molecule has 5 nitrogen and oxygen atoms in total. The lowest BCUT2D eigenvalue weighted by molar-refractivity contribution is -0.134. The van der Waals surface area contributed by atoms with Crippen LogP contribution in [-0.4, -0.2) is 63.2 Å². The summed E-state index contributed by atoms with van der Waals surface area (Å²) in [6, 6.07) is 7.63. The number of methoxy groups -OCH3 is 1. The monoisotopic (exact) mass is 306 g/mol. The minimum atomic E-state index is 0.189. The summed E-state index contributed by atoms with van der Waals surface area (Å²) in [5, 5.41) is 0. The van der Waals surface area contributed by atoms with Gasteiger partial charge in [-0.3, -0.25) is 9.69 Å². The molecule has 1 aliphatic heterocycles. The topological polar surface area (TPSA) is 42.0 Å². The molecule has 1 saturated heterocycles. The highest BCUT2D eigenvalue weighted by Gasteiger charge is 2.25. The molecule has 0 radical (unpaired) electrons. The predicted molar refractivity (Wildman–Crippen MR) is 86.3 cm³/mol. The van der Waals surface area contributed by atoms with Crippen LogP contribution in [0, 0.1) is 5.92 Å². The number of hydrogen-bond donors (Lipinski definition) is 0. The van der Waals surface area contributed by atoms with Gasteiger partial charge in [0.25, 0.3) is 0 Å². The van der Waals surface area contributed by atoms with Crippen LogP contribution >= 0.6 is 0 Å². The van der Waals surface area contributed by atoms with Gasteiger partial charge in [0.1, 0.15) is 18.1 Å². The average Bonchev–Trinajstić information content (AvgIpc) is 2.55. The van der Waals surface area contributed by atoms with Crippen LogP contribution in [0.25, 0.3) is 0 Å². The Kier molecular flexibility index (Phi) is 6.07. The Morgan fingerprint density at radius 2 is 1.77 bits per heavy atom. The smallest absolute Gasteiger partial charge is 0.225 e. The van der Waals surface area contributed by atoms with E-state index in [1.54, 1.807) is 12.0 Å². The van der Waals surface area contributed by atoms with Crippen molar-refractivity contribution in [3.05, 3.63) is 24.3 Å². The number of hydrogen-bond acceptors (Lipinski definition) is 4. The third-order valence-corrected chi connectivity index (χ3v) is 4.11. The maximum Gasteiger partial charge on any atom is 0.225 e. The lowest BCUT2D eigenvalue weighted by Gasteiger charge is -2.32. The van der Waals surface area contributed by atoms with Crippen molar-refractivity contribution in [3.63, 3.8) is 0 Å². The lowest BCUT2D eigenvalue weighted by atomic mass is 9.95. The summed E-state index contributed by atoms with van der Waals surface area (Å²) in [5.74, 6) is 2.14. The van der Waals surface area contributed by atoms with Gasteiger partial charge in [-0.1, -0.05) is 0 Å². The van der Waals surface area contributed by atoms with Gasteiger partial charge in [-0.05, 0) is 50.2 Å². The zero-order valence-corrected chi connectivity index (χ0v) is 13.7. The van der Waals surface area contributed by atoms with E-state index >= 15 is 0 Å². The van der Waals surface area contributed by atoms with Crippen molar-refractivity contribution in [1.82, 2.24) is 9.80 Å². The Bertz CT molecular complexity index is 465. The first-order valence-electron chi connectivity index (χ1n) is 7.80. The van der Waals surface area contributed by atoms with Gasteiger partial charge in [-0.2, -0.15) is 0 Å². The zero-order chi connectivity index (χ0) is 15.9. The van der Waals surface area contributed by atoms with Gasteiger partial charge in [0.15, 0.2) is 0 Å². The molecule has 0 aliphatic carbocycles. The van der Waals surface area contributed by atoms with Gasteiger partial charge in [-0.25, -0.2) is 0 Å². The molecule has 0 spiro atoms. The van der Waals surface area contributed by atoms with Crippen LogP contribution < -0.4 is 9.47 Å². The highest BCUT2D eigenvalue weighted by molar-refractivity contribution is 5.78. The molecule has 22 heavy (non-hydrogen) atoms. The van der Waals surface area contributed by atoms with E-state index < -0.39 is 0 Å². The van der Waals surface area contributed by atoms with Crippen LogP contribution in [0.2, 0.25) is 0 Å². The second kappa shape index (κ2) is 8.03. The van der Waals surface area contributed by atoms with Crippen molar-refractivity contribution in [1.29, 1.82) is 0 Å². The summed E-state index contributed by atoms with van der Waals surface area (Å²) in [4.78, 5) is 16.0. The summed E-state index contributed by atoms with van der Waals surface area (Å²) in [6.07, 6.45) is 1.89. The molecule has 0 unspecified atom stereocenters. The van der Waals surface area contributed by atoms with E-state index in [9.17, 15) is 4.79 Å². The third kappa shape index (κ3) is 4.63. The zero-order valence-electron chi connectivity index (χ0n) is 13.7. The fourth-order valence-electron chi connectivity index (χ4n) is 2.73. The average molecular weight is 306 g/mol. The summed E-state index contributed by atoms with van der Waals surface area (Å²) >= 11 is 0. The molecule has 2 rings (SSSR count). The van der Waals surface area contributed by atoms with Crippen molar-refractivity contribution in [2.75, 3.05) is 47.4 Å². The molecule has 0 aromatic heterocycles. The predicted octanol–water partition coefficient (Wildman–Crippen LogP) is 1.87. The molecule has 1 aliphatic rings. The molecule has 0 atom stereocenters. The van der Waals surface area contributed by atoms with Crippen molar-refractivity contribution in [3.8, 4) is 11.5 Å². The first kappa shape index (κ1) is 16.6. The molecule has 5 heteroatoms. The maximum atomic E-state index is 11.9. The molecule has 0 saturated carbocycles. The Morgan fingerprint density at radius 3 is 2.32 bits per heavy atom. The first-order valence-corrected chi connectivity index (χ1v) is 7.80. The minimum absolute atomic E-state index is 0.189. The number of amides is 1. The quantitative estimate of drug-likeness (QED) is 0.805. The number of nitrogens with zero attached hydrogens (tertiary/aromatic N) is 2. The number of likely N-dealkylation sites (tertiary alicyclic amines) is 1. The van der Waals surface area contributed by atoms with E-state index in [4.69, 9.17) is 9.47 Å². The number of carbonyl (C=O) groups is 1. The number of benzene rings is 1. The van der Waals surface area contributed by atoms with Crippen LogP contribution in [0.1, 0.15) is 12.8 Å². The molecular weight excluding hydrogens is 280 g/mol. The highest BCUT2D eigenvalue weighted by atomic mass is 16.5. The van der Waals surface area contributed by atoms with Crippen LogP contribution in [-0.2, 0) is 4.79 Å². The summed E-state index contributed by atoms with van der Waals surface area (Å²) in [7, 11) is 5.31. The Morgan fingerprint density at radius 1 is 1.18 bits per heavy atom. The van der Waals surface area contributed by atoms with Crippen molar-refractivity contribution < 1.29 is 14.3 Å². The Hall–Kier alpha value is -1.75. The fourth-order valence-corrected chi connectivity index (χ4v) is 2.73. The number of rotatable bonds is 6. The van der Waals surface area contributed by atoms with Crippen molar-refractivity contribution >= 4 is 5.91 Å². The van der Waals surface area contributed by atoms with Crippen LogP contribution in [0.3, 0.4) is 0 Å². The fraction of sp³-hybridized carbons (Fsp3) is 0.588. The largest absolute Gasteiger partial charge is 0.497 e. The second-order valence-electron chi connectivity index (χ2n) is 5.87. The van der Waals surface area contributed by atoms with Crippen molar-refractivity contribution in [2.24, 2.45) is 5.92 Å². The normalized spacial score (nSPS) is 16.3. The molecule has 122 valence electrons. The van der Waals surface area contributed by atoms with Crippen LogP contribution in [0.5, 0.6) is 11.5 Å². The van der Waals surface area contributed by atoms with Gasteiger partial charge >= 0.3 is 0 Å². The number of carbonyl (C=O) groups excluding carboxylic acids is 1. The van der Waals surface area contributed by atoms with Crippen LogP contribution in [0.4, 0.5) is 0 Å². The first-order chi connectivity index (χ1) is 10.6. The molecule has 1 fully saturated rings. The van der Waals surface area contributed by atoms with E-state index in [0.717, 1.165) is 44.0 Å². The molecule has 0 N–H and O–H groups in total. The third-order valence-electron chi connectivity index (χ3n) is 4.11. The number of piperidine rings is 1. The van der Waals surface area contributed by atoms with Gasteiger partial charge in [0.05, 0.1) is 7.11 Å². The summed E-state index contributed by atoms with van der Waals surface area (Å²) < 4.78 is 10.9. The second-order valence-corrected chi connectivity index (χ2v) is 5.87.